The summed E-state index contributed by atoms with van der Waals surface area (Å²) in [4.78, 5) is 152. The van der Waals surface area contributed by atoms with Gasteiger partial charge in [0.15, 0.2) is 24.4 Å². The van der Waals surface area contributed by atoms with Gasteiger partial charge in [0.1, 0.15) is 50.0 Å². The molecular weight excluding hydrogens is 1030 g/mol. The molecule has 28 nitrogen and oxygen atoms in total. The highest BCUT2D eigenvalue weighted by atomic mass is 16.8. The van der Waals surface area contributed by atoms with Gasteiger partial charge in [0, 0.05) is 74.8 Å². The molecule has 0 aliphatic carbocycles. The van der Waals surface area contributed by atoms with E-state index in [2.05, 4.69) is 22.5 Å². The fourth-order valence-electron chi connectivity index (χ4n) is 8.14. The monoisotopic (exact) mass is 1090 g/mol. The Morgan fingerprint density at radius 3 is 1.30 bits per heavy atom. The number of carbonyl (C=O) groups excluding carboxylic acids is 12. The minimum absolute atomic E-state index is 0.129. The Morgan fingerprint density at radius 2 is 0.935 bits per heavy atom. The molecule has 2 heterocycles. The Hall–Kier alpha value is -7.90. The van der Waals surface area contributed by atoms with Crippen LogP contribution in [0.4, 0.5) is 0 Å². The molecule has 0 bridgehead atoms. The maximum atomic E-state index is 13.9. The molecule has 3 rings (SSSR count). The van der Waals surface area contributed by atoms with E-state index < -0.39 is 177 Å². The first-order valence-corrected chi connectivity index (χ1v) is 23.3. The number of benzene rings is 1. The van der Waals surface area contributed by atoms with Crippen molar-refractivity contribution in [3.63, 3.8) is 0 Å². The molecule has 2 fully saturated rings. The summed E-state index contributed by atoms with van der Waals surface area (Å²) in [6, 6.07) is 2.46. The van der Waals surface area contributed by atoms with Crippen LogP contribution in [0.3, 0.4) is 0 Å². The van der Waals surface area contributed by atoms with Crippen molar-refractivity contribution in [3.05, 3.63) is 29.8 Å². The molecular formula is C49H62N2O26. The minimum atomic E-state index is -2.60. The maximum absolute atomic E-state index is 13.9. The van der Waals surface area contributed by atoms with Gasteiger partial charge >= 0.3 is 65.5 Å². The van der Waals surface area contributed by atoms with Crippen LogP contribution in [0.25, 0.3) is 0 Å². The standard InChI is InChI=1S/C49H62N2O26/c1-24(52)50-40-36(69-28(5)56)20-48(46(62)64-11,76-44(40)42(73-32(9)60)38(71-30(7)58)22-66-26(3)54)68-19-13-14-34-15-17-35(18-16-34)75-49(47(63)65-12)21-37(70-29(6)57)41(51-25(2)53)45(77-49)43(74-33(10)61)39(72-31(8)59)23-67-27(4)55/h15-18,36-45H,19-23H2,1-12H3,(H,50,52)(H,51,53)/t36-,37+,38+,39+,40+,41-,42+,43+,44+,45-,48+,49-/m0/s1. The van der Waals surface area contributed by atoms with E-state index in [0.29, 0.717) is 0 Å². The lowest BCUT2D eigenvalue weighted by Gasteiger charge is -2.48. The van der Waals surface area contributed by atoms with Gasteiger partial charge < -0.3 is 76.9 Å². The maximum Gasteiger partial charge on any atom is 0.379 e. The van der Waals surface area contributed by atoms with E-state index in [4.69, 9.17) is 66.3 Å². The predicted molar refractivity (Wildman–Crippen MR) is 250 cm³/mol. The quantitative estimate of drug-likeness (QED) is 0.0838. The van der Waals surface area contributed by atoms with Crippen molar-refractivity contribution < 1.29 is 124 Å². The van der Waals surface area contributed by atoms with Crippen molar-refractivity contribution in [2.24, 2.45) is 0 Å². The molecule has 0 radical (unpaired) electrons. The summed E-state index contributed by atoms with van der Waals surface area (Å²) < 4.78 is 78.0. The summed E-state index contributed by atoms with van der Waals surface area (Å²) >= 11 is 0. The fraction of sp³-hybridized carbons (Fsp3) is 0.592. The lowest BCUT2D eigenvalue weighted by molar-refractivity contribution is -0.311. The summed E-state index contributed by atoms with van der Waals surface area (Å²) in [7, 11) is 1.95. The number of hydrogen-bond acceptors (Lipinski definition) is 26. The molecule has 2 amide bonds. The first kappa shape index (κ1) is 63.4. The topological polar surface area (TPSA) is 358 Å². The molecule has 0 spiro atoms. The highest BCUT2D eigenvalue weighted by molar-refractivity contribution is 5.80. The zero-order chi connectivity index (χ0) is 57.9. The van der Waals surface area contributed by atoms with Crippen LogP contribution >= 0.6 is 0 Å². The third kappa shape index (κ3) is 19.0. The smallest absolute Gasteiger partial charge is 0.379 e. The zero-order valence-electron chi connectivity index (χ0n) is 44.2. The molecule has 28 heteroatoms. The minimum Gasteiger partial charge on any atom is -0.465 e. The molecule has 0 aromatic heterocycles. The van der Waals surface area contributed by atoms with Crippen LogP contribution in [0.1, 0.15) is 87.6 Å². The Kier molecular flexibility index (Phi) is 23.7. The van der Waals surface area contributed by atoms with E-state index in [0.717, 1.165) is 83.5 Å². The summed E-state index contributed by atoms with van der Waals surface area (Å²) in [5.41, 5.74) is 0.228. The van der Waals surface area contributed by atoms with Crippen molar-refractivity contribution in [1.29, 1.82) is 0 Å². The van der Waals surface area contributed by atoms with Crippen LogP contribution < -0.4 is 15.4 Å². The lowest BCUT2D eigenvalue weighted by Crippen LogP contribution is -2.70. The highest BCUT2D eigenvalue weighted by Gasteiger charge is 2.61. The molecule has 77 heavy (non-hydrogen) atoms. The van der Waals surface area contributed by atoms with Gasteiger partial charge in [-0.1, -0.05) is 11.8 Å². The normalized spacial score (nSPS) is 24.0. The average molecular weight is 1100 g/mol. The lowest BCUT2D eigenvalue weighted by atomic mass is 9.88. The van der Waals surface area contributed by atoms with Gasteiger partial charge in [-0.25, -0.2) is 9.59 Å². The summed E-state index contributed by atoms with van der Waals surface area (Å²) in [6.07, 6.45) is -14.9. The first-order valence-electron chi connectivity index (χ1n) is 23.3. The van der Waals surface area contributed by atoms with Gasteiger partial charge in [-0.2, -0.15) is 0 Å². The fourth-order valence-corrected chi connectivity index (χ4v) is 8.14. The molecule has 2 aliphatic rings. The molecule has 0 saturated carbocycles. The molecule has 2 saturated heterocycles. The number of rotatable bonds is 22. The van der Waals surface area contributed by atoms with Crippen LogP contribution in [-0.2, 0) is 119 Å². The van der Waals surface area contributed by atoms with Gasteiger partial charge in [0.05, 0.1) is 39.1 Å². The Morgan fingerprint density at radius 1 is 0.545 bits per heavy atom. The van der Waals surface area contributed by atoms with Crippen molar-refractivity contribution in [3.8, 4) is 17.6 Å². The van der Waals surface area contributed by atoms with Crippen molar-refractivity contribution in [2.45, 2.75) is 155 Å². The second-order valence-electron chi connectivity index (χ2n) is 17.1. The number of methoxy groups -OCH3 is 2. The van der Waals surface area contributed by atoms with E-state index in [1.807, 2.05) is 0 Å². The van der Waals surface area contributed by atoms with Gasteiger partial charge in [0.25, 0.3) is 5.79 Å². The molecule has 1 aromatic rings. The Labute approximate surface area is 441 Å². The van der Waals surface area contributed by atoms with Gasteiger partial charge in [-0.3, -0.25) is 47.9 Å². The number of esters is 10. The van der Waals surface area contributed by atoms with Crippen molar-refractivity contribution in [1.82, 2.24) is 10.6 Å². The van der Waals surface area contributed by atoms with Crippen molar-refractivity contribution in [2.75, 3.05) is 34.0 Å². The number of ether oxygens (including phenoxy) is 14. The summed E-state index contributed by atoms with van der Waals surface area (Å²) in [5, 5.41) is 5.10. The van der Waals surface area contributed by atoms with Gasteiger partial charge in [-0.15, -0.1) is 0 Å². The number of hydrogen-bond donors (Lipinski definition) is 2. The largest absolute Gasteiger partial charge is 0.465 e. The van der Waals surface area contributed by atoms with Crippen LogP contribution in [0, 0.1) is 11.8 Å². The molecule has 12 atom stereocenters. The van der Waals surface area contributed by atoms with E-state index >= 15 is 0 Å². The molecule has 2 N–H and O–H groups in total. The molecule has 424 valence electrons. The van der Waals surface area contributed by atoms with Gasteiger partial charge in [0.2, 0.25) is 11.8 Å². The summed E-state index contributed by atoms with van der Waals surface area (Å²) in [5.74, 6) is -11.1. The van der Waals surface area contributed by atoms with Crippen LogP contribution in [0.2, 0.25) is 0 Å². The predicted octanol–water partition coefficient (Wildman–Crippen LogP) is -0.524. The number of nitrogens with one attached hydrogen (secondary N) is 2. The second-order valence-corrected chi connectivity index (χ2v) is 17.1. The Bertz CT molecular complexity index is 2430. The Balaban J connectivity index is 2.13. The van der Waals surface area contributed by atoms with E-state index in [-0.39, 0.29) is 11.3 Å². The van der Waals surface area contributed by atoms with E-state index in [1.165, 1.54) is 24.3 Å². The van der Waals surface area contributed by atoms with E-state index in [1.54, 1.807) is 0 Å². The van der Waals surface area contributed by atoms with Crippen molar-refractivity contribution >= 4 is 71.5 Å². The second kappa shape index (κ2) is 28.8. The van der Waals surface area contributed by atoms with Crippen LogP contribution in [-0.4, -0.2) is 178 Å². The van der Waals surface area contributed by atoms with Gasteiger partial charge in [-0.05, 0) is 24.3 Å². The number of amides is 2. The number of carbonyl (C=O) groups is 12. The van der Waals surface area contributed by atoms with E-state index in [9.17, 15) is 57.5 Å². The third-order valence-electron chi connectivity index (χ3n) is 10.7. The van der Waals surface area contributed by atoms with Crippen LogP contribution in [0.15, 0.2) is 24.3 Å². The highest BCUT2D eigenvalue weighted by Crippen LogP contribution is 2.39. The summed E-state index contributed by atoms with van der Waals surface area (Å²) in [6.45, 7) is 8.20. The van der Waals surface area contributed by atoms with Crippen LogP contribution in [0.5, 0.6) is 5.75 Å². The first-order chi connectivity index (χ1) is 36.0. The zero-order valence-corrected chi connectivity index (χ0v) is 44.2. The third-order valence-corrected chi connectivity index (χ3v) is 10.7. The molecule has 1 aromatic carbocycles. The SMILES string of the molecule is COC(=O)[C@]1(Oc2ccc(C#CCO[C@]3(C(=O)OC)C[C@H](OC(C)=O)[C@@H](NC(C)=O)[C@H]([C@H](OC(C)=O)[C@@H](COC(C)=O)OC(C)=O)O3)cc2)C[C@@H](OC(C)=O)[C@H](NC(C)=O)[C@@H]([C@H](OC(C)=O)[C@@H](COC(C)=O)OC(C)=O)O1. The average Bonchev–Trinajstić information content (AvgIpc) is 3.32. The molecule has 0 unspecified atom stereocenters. The molecule has 2 aliphatic heterocycles.